The molecule has 1 atom stereocenters. The van der Waals surface area contributed by atoms with Gasteiger partial charge in [0.1, 0.15) is 0 Å². The first-order valence-electron chi connectivity index (χ1n) is 7.55. The minimum atomic E-state index is 0.175. The summed E-state index contributed by atoms with van der Waals surface area (Å²) in [7, 11) is 0. The lowest BCUT2D eigenvalue weighted by atomic mass is 9.93. The van der Waals surface area contributed by atoms with Crippen LogP contribution in [0.4, 0.5) is 0 Å². The fourth-order valence-electron chi connectivity index (χ4n) is 2.86. The van der Waals surface area contributed by atoms with Crippen LogP contribution in [-0.4, -0.2) is 6.54 Å². The van der Waals surface area contributed by atoms with E-state index in [1.165, 1.54) is 27.5 Å². The van der Waals surface area contributed by atoms with Crippen LogP contribution in [0.5, 0.6) is 0 Å². The summed E-state index contributed by atoms with van der Waals surface area (Å²) in [5, 5.41) is 6.27. The Morgan fingerprint density at radius 3 is 2.57 bits per heavy atom. The Balaban J connectivity index is 2.13. The summed E-state index contributed by atoms with van der Waals surface area (Å²) in [5.74, 6) is 0. The molecule has 0 radical (unpaired) electrons. The molecule has 3 aromatic rings. The van der Waals surface area contributed by atoms with Gasteiger partial charge >= 0.3 is 0 Å². The van der Waals surface area contributed by atoms with Crippen molar-refractivity contribution < 1.29 is 4.42 Å². The van der Waals surface area contributed by atoms with Crippen LogP contribution in [0.2, 0.25) is 0 Å². The molecule has 1 unspecified atom stereocenters. The molecule has 0 saturated heterocycles. The maximum atomic E-state index is 5.29. The summed E-state index contributed by atoms with van der Waals surface area (Å²) in [6, 6.07) is 15.3. The fourth-order valence-corrected chi connectivity index (χ4v) is 2.86. The van der Waals surface area contributed by atoms with Crippen molar-refractivity contribution in [2.24, 2.45) is 0 Å². The van der Waals surface area contributed by atoms with Crippen molar-refractivity contribution in [3.8, 4) is 0 Å². The van der Waals surface area contributed by atoms with Gasteiger partial charge in [0.25, 0.3) is 0 Å². The molecule has 0 aliphatic heterocycles. The smallest absolute Gasteiger partial charge is 0.0953 e. The Bertz CT molecular complexity index is 716. The molecule has 0 spiro atoms. The largest absolute Gasteiger partial charge is 0.472 e. The van der Waals surface area contributed by atoms with Gasteiger partial charge in [0.05, 0.1) is 18.6 Å². The van der Waals surface area contributed by atoms with Crippen molar-refractivity contribution in [2.75, 3.05) is 6.54 Å². The van der Waals surface area contributed by atoms with Crippen molar-refractivity contribution in [1.29, 1.82) is 0 Å². The molecular formula is C19H21NO. The third-order valence-corrected chi connectivity index (χ3v) is 3.96. The van der Waals surface area contributed by atoms with Gasteiger partial charge in [-0.2, -0.15) is 0 Å². The quantitative estimate of drug-likeness (QED) is 0.723. The van der Waals surface area contributed by atoms with Gasteiger partial charge in [0.15, 0.2) is 0 Å². The van der Waals surface area contributed by atoms with E-state index in [-0.39, 0.29) is 6.04 Å². The molecule has 0 bridgehead atoms. The van der Waals surface area contributed by atoms with E-state index in [1.807, 2.05) is 12.3 Å². The summed E-state index contributed by atoms with van der Waals surface area (Å²) >= 11 is 0. The predicted molar refractivity (Wildman–Crippen MR) is 87.5 cm³/mol. The first-order valence-corrected chi connectivity index (χ1v) is 7.55. The minimum Gasteiger partial charge on any atom is -0.472 e. The van der Waals surface area contributed by atoms with E-state index >= 15 is 0 Å². The Morgan fingerprint density at radius 2 is 1.86 bits per heavy atom. The van der Waals surface area contributed by atoms with E-state index < -0.39 is 0 Å². The first-order chi connectivity index (χ1) is 10.3. The van der Waals surface area contributed by atoms with Crippen LogP contribution in [0.3, 0.4) is 0 Å². The van der Waals surface area contributed by atoms with Crippen molar-refractivity contribution >= 4 is 10.8 Å². The SMILES string of the molecule is CCCNC(c1ccoc1)c1ccc(C)c2ccccc12. The Kier molecular flexibility index (Phi) is 4.07. The average molecular weight is 279 g/mol. The van der Waals surface area contributed by atoms with Gasteiger partial charge in [-0.15, -0.1) is 0 Å². The third kappa shape index (κ3) is 2.72. The second-order valence-corrected chi connectivity index (χ2v) is 5.46. The number of nitrogens with one attached hydrogen (secondary N) is 1. The summed E-state index contributed by atoms with van der Waals surface area (Å²) < 4.78 is 5.29. The van der Waals surface area contributed by atoms with E-state index in [0.717, 1.165) is 13.0 Å². The van der Waals surface area contributed by atoms with Gasteiger partial charge in [-0.05, 0) is 47.9 Å². The highest BCUT2D eigenvalue weighted by Gasteiger charge is 2.17. The van der Waals surface area contributed by atoms with Gasteiger partial charge in [0.2, 0.25) is 0 Å². The zero-order valence-corrected chi connectivity index (χ0v) is 12.6. The molecular weight excluding hydrogens is 258 g/mol. The van der Waals surface area contributed by atoms with Gasteiger partial charge in [-0.3, -0.25) is 0 Å². The van der Waals surface area contributed by atoms with E-state index in [2.05, 4.69) is 55.6 Å². The molecule has 21 heavy (non-hydrogen) atoms. The van der Waals surface area contributed by atoms with Crippen LogP contribution in [-0.2, 0) is 0 Å². The molecule has 0 fully saturated rings. The third-order valence-electron chi connectivity index (χ3n) is 3.96. The zero-order chi connectivity index (χ0) is 14.7. The molecule has 3 rings (SSSR count). The highest BCUT2D eigenvalue weighted by molar-refractivity contribution is 5.89. The lowest BCUT2D eigenvalue weighted by molar-refractivity contribution is 0.549. The topological polar surface area (TPSA) is 25.2 Å². The maximum Gasteiger partial charge on any atom is 0.0953 e. The lowest BCUT2D eigenvalue weighted by Crippen LogP contribution is -2.23. The highest BCUT2D eigenvalue weighted by atomic mass is 16.3. The number of hydrogen-bond donors (Lipinski definition) is 1. The van der Waals surface area contributed by atoms with Crippen molar-refractivity contribution in [3.63, 3.8) is 0 Å². The number of hydrogen-bond acceptors (Lipinski definition) is 2. The standard InChI is InChI=1S/C19H21NO/c1-3-11-20-19(15-10-12-21-13-15)18-9-8-14(2)16-6-4-5-7-17(16)18/h4-10,12-13,19-20H,3,11H2,1-2H3. The van der Waals surface area contributed by atoms with Gasteiger partial charge in [-0.25, -0.2) is 0 Å². The molecule has 108 valence electrons. The van der Waals surface area contributed by atoms with Crippen LogP contribution >= 0.6 is 0 Å². The summed E-state index contributed by atoms with van der Waals surface area (Å²) in [6.07, 6.45) is 4.69. The summed E-state index contributed by atoms with van der Waals surface area (Å²) in [6.45, 7) is 5.34. The molecule has 2 nitrogen and oxygen atoms in total. The molecule has 0 aliphatic carbocycles. The predicted octanol–water partition coefficient (Wildman–Crippen LogP) is 4.83. The molecule has 0 amide bonds. The van der Waals surface area contributed by atoms with Gasteiger partial charge in [-0.1, -0.05) is 43.3 Å². The van der Waals surface area contributed by atoms with Gasteiger partial charge < -0.3 is 9.73 Å². The van der Waals surface area contributed by atoms with Crippen molar-refractivity contribution in [3.05, 3.63) is 71.7 Å². The fraction of sp³-hybridized carbons (Fsp3) is 0.263. The van der Waals surface area contributed by atoms with E-state index in [4.69, 9.17) is 4.42 Å². The summed E-state index contributed by atoms with van der Waals surface area (Å²) in [5.41, 5.74) is 3.80. The Labute approximate surface area is 125 Å². The maximum absolute atomic E-state index is 5.29. The summed E-state index contributed by atoms with van der Waals surface area (Å²) in [4.78, 5) is 0. The second kappa shape index (κ2) is 6.15. The van der Waals surface area contributed by atoms with Crippen LogP contribution < -0.4 is 5.32 Å². The number of furan rings is 1. The van der Waals surface area contributed by atoms with Crippen LogP contribution in [0.25, 0.3) is 10.8 Å². The lowest BCUT2D eigenvalue weighted by Gasteiger charge is -2.20. The van der Waals surface area contributed by atoms with Crippen LogP contribution in [0, 0.1) is 6.92 Å². The van der Waals surface area contributed by atoms with Crippen molar-refractivity contribution in [2.45, 2.75) is 26.3 Å². The molecule has 1 N–H and O–H groups in total. The van der Waals surface area contributed by atoms with E-state index in [9.17, 15) is 0 Å². The second-order valence-electron chi connectivity index (χ2n) is 5.46. The molecule has 1 aromatic heterocycles. The number of fused-ring (bicyclic) bond motifs is 1. The molecule has 0 aliphatic rings. The van der Waals surface area contributed by atoms with Crippen LogP contribution in [0.1, 0.15) is 36.1 Å². The molecule has 2 aromatic carbocycles. The van der Waals surface area contributed by atoms with Gasteiger partial charge in [0, 0.05) is 5.56 Å². The molecule has 1 heterocycles. The van der Waals surface area contributed by atoms with E-state index in [1.54, 1.807) is 6.26 Å². The van der Waals surface area contributed by atoms with Crippen molar-refractivity contribution in [1.82, 2.24) is 5.32 Å². The van der Waals surface area contributed by atoms with Crippen LogP contribution in [0.15, 0.2) is 59.4 Å². The Hall–Kier alpha value is -2.06. The average Bonchev–Trinajstić information content (AvgIpc) is 3.04. The van der Waals surface area contributed by atoms with E-state index in [0.29, 0.717) is 0 Å². The molecule has 0 saturated carbocycles. The number of benzene rings is 2. The monoisotopic (exact) mass is 279 g/mol. The zero-order valence-electron chi connectivity index (χ0n) is 12.6. The highest BCUT2D eigenvalue weighted by Crippen LogP contribution is 2.31. The number of aryl methyl sites for hydroxylation is 1. The number of rotatable bonds is 5. The normalized spacial score (nSPS) is 12.7. The minimum absolute atomic E-state index is 0.175. The first kappa shape index (κ1) is 13.9. The Morgan fingerprint density at radius 1 is 1.05 bits per heavy atom. The molecule has 2 heteroatoms.